The lowest BCUT2D eigenvalue weighted by Crippen LogP contribution is -2.14. The summed E-state index contributed by atoms with van der Waals surface area (Å²) in [5.41, 5.74) is 1.36. The number of nitrogens with zero attached hydrogens (tertiary/aromatic N) is 3. The zero-order chi connectivity index (χ0) is 19.4. The van der Waals surface area contributed by atoms with Crippen molar-refractivity contribution in [3.05, 3.63) is 73.9 Å². The van der Waals surface area contributed by atoms with Crippen LogP contribution in [-0.2, 0) is 0 Å². The third kappa shape index (κ3) is 4.04. The molecule has 3 rings (SSSR count). The number of aromatic nitrogens is 1. The van der Waals surface area contributed by atoms with E-state index in [1.54, 1.807) is 24.4 Å². The molecule has 2 aromatic carbocycles. The summed E-state index contributed by atoms with van der Waals surface area (Å²) in [7, 11) is 0. The summed E-state index contributed by atoms with van der Waals surface area (Å²) >= 11 is 5.89. The smallest absolute Gasteiger partial charge is 0.292 e. The van der Waals surface area contributed by atoms with E-state index in [1.165, 1.54) is 24.3 Å². The van der Waals surface area contributed by atoms with Gasteiger partial charge in [-0.25, -0.2) is 0 Å². The molecule has 0 atom stereocenters. The fourth-order valence-corrected chi connectivity index (χ4v) is 2.83. The Hall–Kier alpha value is -3.46. The van der Waals surface area contributed by atoms with Crippen LogP contribution in [0.15, 0.2) is 48.7 Å². The average molecular weight is 388 g/mol. The van der Waals surface area contributed by atoms with Crippen LogP contribution in [0.2, 0.25) is 5.02 Å². The minimum absolute atomic E-state index is 0.0173. The number of hydrogen-bond donors (Lipinski definition) is 2. The fourth-order valence-electron chi connectivity index (χ4n) is 2.66. The molecular weight excluding hydrogens is 374 g/mol. The Balaban J connectivity index is 1.72. The fraction of sp³-hybridized carbons (Fsp3) is 0.118. The number of rotatable bonds is 7. The molecule has 0 aliphatic carbocycles. The lowest BCUT2D eigenvalue weighted by molar-refractivity contribution is -0.384. The third-order valence-electron chi connectivity index (χ3n) is 3.85. The predicted octanol–water partition coefficient (Wildman–Crippen LogP) is 4.23. The second-order valence-electron chi connectivity index (χ2n) is 5.56. The lowest BCUT2D eigenvalue weighted by atomic mass is 10.1. The molecule has 27 heavy (non-hydrogen) atoms. The van der Waals surface area contributed by atoms with Crippen LogP contribution in [0.1, 0.15) is 0 Å². The van der Waals surface area contributed by atoms with Gasteiger partial charge in [0.05, 0.1) is 20.9 Å². The third-order valence-corrected chi connectivity index (χ3v) is 4.09. The van der Waals surface area contributed by atoms with E-state index in [-0.39, 0.29) is 11.4 Å². The van der Waals surface area contributed by atoms with Crippen molar-refractivity contribution >= 4 is 45.3 Å². The molecule has 0 bridgehead atoms. The molecule has 0 radical (unpaired) electrons. The number of nitro groups is 2. The molecule has 1 aromatic heterocycles. The molecule has 0 saturated heterocycles. The van der Waals surface area contributed by atoms with E-state index in [0.29, 0.717) is 40.4 Å². The molecule has 2 N–H and O–H groups in total. The van der Waals surface area contributed by atoms with Crippen LogP contribution in [0.3, 0.4) is 0 Å². The summed E-state index contributed by atoms with van der Waals surface area (Å²) in [5.74, 6) is 0. The first kappa shape index (κ1) is 18.3. The Labute approximate surface area is 158 Å². The number of pyridine rings is 1. The van der Waals surface area contributed by atoms with Gasteiger partial charge in [0.25, 0.3) is 11.4 Å². The first-order chi connectivity index (χ1) is 13.0. The zero-order valence-corrected chi connectivity index (χ0v) is 14.6. The average Bonchev–Trinajstić information content (AvgIpc) is 2.64. The highest BCUT2D eigenvalue weighted by molar-refractivity contribution is 6.31. The van der Waals surface area contributed by atoms with Gasteiger partial charge in [-0.2, -0.15) is 0 Å². The van der Waals surface area contributed by atoms with E-state index in [1.807, 2.05) is 0 Å². The van der Waals surface area contributed by atoms with Gasteiger partial charge in [-0.3, -0.25) is 25.2 Å². The minimum Gasteiger partial charge on any atom is -0.382 e. The number of fused-ring (bicyclic) bond motifs is 1. The number of halogens is 1. The van der Waals surface area contributed by atoms with Crippen LogP contribution in [0.25, 0.3) is 10.9 Å². The summed E-state index contributed by atoms with van der Waals surface area (Å²) in [6.45, 7) is 0.777. The second-order valence-corrected chi connectivity index (χ2v) is 6.00. The molecule has 0 saturated carbocycles. The van der Waals surface area contributed by atoms with E-state index in [0.717, 1.165) is 0 Å². The molecule has 0 aliphatic heterocycles. The molecule has 3 aromatic rings. The van der Waals surface area contributed by atoms with Crippen LogP contribution in [0.5, 0.6) is 0 Å². The van der Waals surface area contributed by atoms with E-state index in [2.05, 4.69) is 15.6 Å². The molecule has 0 fully saturated rings. The van der Waals surface area contributed by atoms with Crippen molar-refractivity contribution in [2.75, 3.05) is 23.7 Å². The Morgan fingerprint density at radius 3 is 2.30 bits per heavy atom. The Kier molecular flexibility index (Phi) is 5.32. The van der Waals surface area contributed by atoms with Crippen molar-refractivity contribution in [1.82, 2.24) is 4.98 Å². The SMILES string of the molecule is O=[N+]([O-])c1ccc(Cl)cc1NCCNc1ccc([N+](=O)[O-])c2cccnc12. The maximum Gasteiger partial charge on any atom is 0.292 e. The quantitative estimate of drug-likeness (QED) is 0.353. The van der Waals surface area contributed by atoms with Gasteiger partial charge in [-0.15, -0.1) is 0 Å². The zero-order valence-electron chi connectivity index (χ0n) is 13.9. The molecule has 9 nitrogen and oxygen atoms in total. The van der Waals surface area contributed by atoms with Crippen LogP contribution < -0.4 is 10.6 Å². The summed E-state index contributed by atoms with van der Waals surface area (Å²) in [5, 5.41) is 29.1. The van der Waals surface area contributed by atoms with Crippen molar-refractivity contribution < 1.29 is 9.85 Å². The summed E-state index contributed by atoms with van der Waals surface area (Å²) in [6, 6.07) is 10.6. The Morgan fingerprint density at radius 2 is 1.59 bits per heavy atom. The molecular formula is C17H14ClN5O4. The van der Waals surface area contributed by atoms with Gasteiger partial charge in [0.2, 0.25) is 0 Å². The Bertz CT molecular complexity index is 1030. The van der Waals surface area contributed by atoms with Crippen molar-refractivity contribution in [1.29, 1.82) is 0 Å². The van der Waals surface area contributed by atoms with Gasteiger partial charge in [-0.05, 0) is 30.3 Å². The molecule has 0 aliphatic rings. The molecule has 10 heteroatoms. The van der Waals surface area contributed by atoms with Crippen LogP contribution in [0.4, 0.5) is 22.7 Å². The van der Waals surface area contributed by atoms with Crippen LogP contribution >= 0.6 is 11.6 Å². The topological polar surface area (TPSA) is 123 Å². The molecule has 0 amide bonds. The largest absolute Gasteiger partial charge is 0.382 e. The standard InChI is InChI=1S/C17H14ClN5O4/c18-11-3-5-16(23(26)27)14(10-11)20-9-8-19-13-4-6-15(22(24)25)12-2-1-7-21-17(12)13/h1-7,10,19-20H,8-9H2. The van der Waals surface area contributed by atoms with Crippen molar-refractivity contribution in [3.63, 3.8) is 0 Å². The molecule has 1 heterocycles. The summed E-state index contributed by atoms with van der Waals surface area (Å²) < 4.78 is 0. The predicted molar refractivity (Wildman–Crippen MR) is 103 cm³/mol. The lowest BCUT2D eigenvalue weighted by Gasteiger charge is -2.11. The number of non-ortho nitro benzene ring substituents is 1. The number of benzene rings is 2. The first-order valence-electron chi connectivity index (χ1n) is 7.91. The monoisotopic (exact) mass is 387 g/mol. The Morgan fingerprint density at radius 1 is 0.926 bits per heavy atom. The highest BCUT2D eigenvalue weighted by Crippen LogP contribution is 2.30. The van der Waals surface area contributed by atoms with Gasteiger partial charge in [0.15, 0.2) is 0 Å². The summed E-state index contributed by atoms with van der Waals surface area (Å²) in [4.78, 5) is 25.5. The second kappa shape index (κ2) is 7.83. The van der Waals surface area contributed by atoms with Gasteiger partial charge < -0.3 is 10.6 Å². The molecule has 0 unspecified atom stereocenters. The minimum atomic E-state index is -0.486. The van der Waals surface area contributed by atoms with E-state index in [4.69, 9.17) is 11.6 Å². The normalized spacial score (nSPS) is 10.6. The van der Waals surface area contributed by atoms with E-state index in [9.17, 15) is 20.2 Å². The number of anilines is 2. The van der Waals surface area contributed by atoms with Gasteiger partial charge in [0.1, 0.15) is 11.2 Å². The highest BCUT2D eigenvalue weighted by atomic mass is 35.5. The van der Waals surface area contributed by atoms with Crippen molar-refractivity contribution in [3.8, 4) is 0 Å². The van der Waals surface area contributed by atoms with Gasteiger partial charge >= 0.3 is 0 Å². The number of hydrogen-bond acceptors (Lipinski definition) is 7. The van der Waals surface area contributed by atoms with Gasteiger partial charge in [0, 0.05) is 36.4 Å². The maximum absolute atomic E-state index is 11.1. The maximum atomic E-state index is 11.1. The summed E-state index contributed by atoms with van der Waals surface area (Å²) in [6.07, 6.45) is 1.56. The number of nitrogens with one attached hydrogen (secondary N) is 2. The van der Waals surface area contributed by atoms with Gasteiger partial charge in [-0.1, -0.05) is 11.6 Å². The van der Waals surface area contributed by atoms with E-state index >= 15 is 0 Å². The van der Waals surface area contributed by atoms with Crippen molar-refractivity contribution in [2.24, 2.45) is 0 Å². The number of nitro benzene ring substituents is 2. The van der Waals surface area contributed by atoms with Crippen molar-refractivity contribution in [2.45, 2.75) is 0 Å². The first-order valence-corrected chi connectivity index (χ1v) is 8.29. The molecule has 138 valence electrons. The molecule has 0 spiro atoms. The van der Waals surface area contributed by atoms with Crippen LogP contribution in [-0.4, -0.2) is 27.9 Å². The van der Waals surface area contributed by atoms with E-state index < -0.39 is 9.85 Å². The highest BCUT2D eigenvalue weighted by Gasteiger charge is 2.15. The van der Waals surface area contributed by atoms with Crippen LogP contribution in [0, 0.1) is 20.2 Å².